The molecule has 1 N–H and O–H groups in total. The van der Waals surface area contributed by atoms with Crippen LogP contribution in [-0.2, 0) is 0 Å². The van der Waals surface area contributed by atoms with E-state index in [9.17, 15) is 4.79 Å². The highest BCUT2D eigenvalue weighted by molar-refractivity contribution is 7.12. The summed E-state index contributed by atoms with van der Waals surface area (Å²) >= 11 is 1.39. The summed E-state index contributed by atoms with van der Waals surface area (Å²) in [6.07, 6.45) is 0. The van der Waals surface area contributed by atoms with Gasteiger partial charge in [-0.3, -0.25) is 4.79 Å². The maximum absolute atomic E-state index is 12.3. The largest absolute Gasteiger partial charge is 0.497 e. The average molecular weight is 357 g/mol. The number of carbonyl (C=O) groups is 1. The van der Waals surface area contributed by atoms with Crippen molar-refractivity contribution in [1.82, 2.24) is 15.5 Å². The van der Waals surface area contributed by atoms with Crippen LogP contribution in [0.5, 0.6) is 5.75 Å². The fraction of sp³-hybridized carbons (Fsp3) is 0.278. The highest BCUT2D eigenvalue weighted by atomic mass is 32.1. The van der Waals surface area contributed by atoms with E-state index in [-0.39, 0.29) is 17.9 Å². The van der Waals surface area contributed by atoms with Gasteiger partial charge in [0.25, 0.3) is 5.91 Å². The number of methoxy groups -OCH3 is 1. The van der Waals surface area contributed by atoms with Crippen LogP contribution in [0, 0.1) is 5.92 Å². The van der Waals surface area contributed by atoms with E-state index in [1.807, 2.05) is 49.6 Å². The third kappa shape index (κ3) is 3.88. The first kappa shape index (κ1) is 17.2. The van der Waals surface area contributed by atoms with Crippen LogP contribution in [-0.4, -0.2) is 23.2 Å². The second kappa shape index (κ2) is 7.48. The Kier molecular flexibility index (Phi) is 5.14. The lowest BCUT2D eigenvalue weighted by Crippen LogP contribution is -2.31. The molecule has 0 fully saturated rings. The molecule has 0 aliphatic carbocycles. The SMILES string of the molecule is COc1cccc(-c2noc([C@@H](NC(=O)c3cccs3)C(C)C)n2)c1. The first-order valence-corrected chi connectivity index (χ1v) is 8.79. The summed E-state index contributed by atoms with van der Waals surface area (Å²) in [6.45, 7) is 3.99. The molecule has 0 saturated carbocycles. The number of nitrogens with zero attached hydrogens (tertiary/aromatic N) is 2. The van der Waals surface area contributed by atoms with Crippen LogP contribution < -0.4 is 10.1 Å². The van der Waals surface area contributed by atoms with E-state index in [0.717, 1.165) is 11.3 Å². The van der Waals surface area contributed by atoms with Gasteiger partial charge in [0, 0.05) is 5.56 Å². The molecule has 1 aromatic carbocycles. The molecule has 1 atom stereocenters. The topological polar surface area (TPSA) is 77.3 Å². The number of carbonyl (C=O) groups excluding carboxylic acids is 1. The molecular weight excluding hydrogens is 338 g/mol. The van der Waals surface area contributed by atoms with Gasteiger partial charge in [0.2, 0.25) is 11.7 Å². The number of amides is 1. The van der Waals surface area contributed by atoms with Crippen molar-refractivity contribution in [3.8, 4) is 17.1 Å². The van der Waals surface area contributed by atoms with Crippen molar-refractivity contribution >= 4 is 17.2 Å². The zero-order chi connectivity index (χ0) is 17.8. The molecule has 2 aromatic heterocycles. The Morgan fingerprint density at radius 3 is 2.80 bits per heavy atom. The van der Waals surface area contributed by atoms with Crippen LogP contribution in [0.4, 0.5) is 0 Å². The minimum absolute atomic E-state index is 0.0996. The third-order valence-corrected chi connectivity index (χ3v) is 4.60. The summed E-state index contributed by atoms with van der Waals surface area (Å²) in [4.78, 5) is 17.5. The zero-order valence-electron chi connectivity index (χ0n) is 14.2. The summed E-state index contributed by atoms with van der Waals surface area (Å²) in [5, 5.41) is 8.89. The summed E-state index contributed by atoms with van der Waals surface area (Å²) in [5.74, 6) is 1.52. The molecule has 130 valence electrons. The fourth-order valence-electron chi connectivity index (χ4n) is 2.37. The second-order valence-electron chi connectivity index (χ2n) is 5.86. The van der Waals surface area contributed by atoms with Crippen LogP contribution in [0.15, 0.2) is 46.3 Å². The van der Waals surface area contributed by atoms with E-state index in [4.69, 9.17) is 9.26 Å². The normalized spacial score (nSPS) is 12.2. The van der Waals surface area contributed by atoms with Crippen LogP contribution >= 0.6 is 11.3 Å². The van der Waals surface area contributed by atoms with Crippen molar-refractivity contribution in [1.29, 1.82) is 0 Å². The number of hydrogen-bond acceptors (Lipinski definition) is 6. The van der Waals surface area contributed by atoms with Crippen molar-refractivity contribution in [2.75, 3.05) is 7.11 Å². The van der Waals surface area contributed by atoms with Gasteiger partial charge in [0.05, 0.1) is 12.0 Å². The number of ether oxygens (including phenoxy) is 1. The Balaban J connectivity index is 1.83. The average Bonchev–Trinajstić information content (AvgIpc) is 3.31. The highest BCUT2D eigenvalue weighted by Gasteiger charge is 2.25. The van der Waals surface area contributed by atoms with Crippen molar-refractivity contribution in [2.45, 2.75) is 19.9 Å². The minimum Gasteiger partial charge on any atom is -0.497 e. The van der Waals surface area contributed by atoms with E-state index in [1.165, 1.54) is 11.3 Å². The molecule has 3 aromatic rings. The number of nitrogens with one attached hydrogen (secondary N) is 1. The molecule has 6 nitrogen and oxygen atoms in total. The van der Waals surface area contributed by atoms with Gasteiger partial charge in [-0.25, -0.2) is 0 Å². The van der Waals surface area contributed by atoms with Gasteiger partial charge in [-0.1, -0.05) is 37.2 Å². The maximum Gasteiger partial charge on any atom is 0.262 e. The van der Waals surface area contributed by atoms with E-state index in [0.29, 0.717) is 16.6 Å². The second-order valence-corrected chi connectivity index (χ2v) is 6.81. The molecule has 0 spiro atoms. The lowest BCUT2D eigenvalue weighted by molar-refractivity contribution is 0.0918. The van der Waals surface area contributed by atoms with Gasteiger partial charge in [-0.2, -0.15) is 4.98 Å². The van der Waals surface area contributed by atoms with Crippen molar-refractivity contribution < 1.29 is 14.1 Å². The lowest BCUT2D eigenvalue weighted by atomic mass is 10.0. The Morgan fingerprint density at radius 1 is 1.28 bits per heavy atom. The van der Waals surface area contributed by atoms with Crippen LogP contribution in [0.2, 0.25) is 0 Å². The molecular formula is C18H19N3O3S. The number of hydrogen-bond donors (Lipinski definition) is 1. The third-order valence-electron chi connectivity index (χ3n) is 3.73. The molecule has 1 amide bonds. The van der Waals surface area contributed by atoms with Crippen LogP contribution in [0.3, 0.4) is 0 Å². The summed E-state index contributed by atoms with van der Waals surface area (Å²) in [6, 6.07) is 10.7. The molecule has 0 unspecified atom stereocenters. The first-order valence-electron chi connectivity index (χ1n) is 7.91. The molecule has 3 rings (SSSR count). The van der Waals surface area contributed by atoms with E-state index >= 15 is 0 Å². The van der Waals surface area contributed by atoms with Crippen LogP contribution in [0.1, 0.15) is 35.5 Å². The zero-order valence-corrected chi connectivity index (χ0v) is 15.0. The quantitative estimate of drug-likeness (QED) is 0.723. The van der Waals surface area contributed by atoms with Crippen molar-refractivity contribution in [2.24, 2.45) is 5.92 Å². The highest BCUT2D eigenvalue weighted by Crippen LogP contribution is 2.26. The molecule has 0 radical (unpaired) electrons. The fourth-order valence-corrected chi connectivity index (χ4v) is 3.00. The molecule has 0 aliphatic heterocycles. The Morgan fingerprint density at radius 2 is 2.12 bits per heavy atom. The molecule has 0 bridgehead atoms. The molecule has 2 heterocycles. The smallest absolute Gasteiger partial charge is 0.262 e. The maximum atomic E-state index is 12.3. The summed E-state index contributed by atoms with van der Waals surface area (Å²) in [7, 11) is 1.61. The molecule has 25 heavy (non-hydrogen) atoms. The van der Waals surface area contributed by atoms with Crippen molar-refractivity contribution in [3.63, 3.8) is 0 Å². The number of rotatable bonds is 6. The minimum atomic E-state index is -0.360. The number of benzene rings is 1. The standard InChI is InChI=1S/C18H19N3O3S/c1-11(2)15(19-17(22)14-8-5-9-25-14)18-20-16(21-24-18)12-6-4-7-13(10-12)23-3/h4-11,15H,1-3H3,(H,19,22)/t15-/m0/s1. The van der Waals surface area contributed by atoms with Gasteiger partial charge < -0.3 is 14.6 Å². The first-order chi connectivity index (χ1) is 12.1. The van der Waals surface area contributed by atoms with Crippen molar-refractivity contribution in [3.05, 3.63) is 52.5 Å². The van der Waals surface area contributed by atoms with Gasteiger partial charge >= 0.3 is 0 Å². The Hall–Kier alpha value is -2.67. The predicted octanol–water partition coefficient (Wildman–Crippen LogP) is 3.93. The molecule has 7 heteroatoms. The summed E-state index contributed by atoms with van der Waals surface area (Å²) < 4.78 is 10.6. The lowest BCUT2D eigenvalue weighted by Gasteiger charge is -2.17. The summed E-state index contributed by atoms with van der Waals surface area (Å²) in [5.41, 5.74) is 0.793. The van der Waals surface area contributed by atoms with E-state index in [1.54, 1.807) is 13.2 Å². The predicted molar refractivity (Wildman–Crippen MR) is 95.7 cm³/mol. The molecule has 0 aliphatic rings. The Labute approximate surface area is 149 Å². The van der Waals surface area contributed by atoms with Gasteiger partial charge in [-0.15, -0.1) is 11.3 Å². The van der Waals surface area contributed by atoms with Gasteiger partial charge in [-0.05, 0) is 29.5 Å². The van der Waals surface area contributed by atoms with Gasteiger partial charge in [0.15, 0.2) is 0 Å². The number of thiophene rings is 1. The number of aromatic nitrogens is 2. The monoisotopic (exact) mass is 357 g/mol. The van der Waals surface area contributed by atoms with E-state index in [2.05, 4.69) is 15.5 Å². The Bertz CT molecular complexity index is 843. The van der Waals surface area contributed by atoms with Crippen LogP contribution in [0.25, 0.3) is 11.4 Å². The van der Waals surface area contributed by atoms with Gasteiger partial charge in [0.1, 0.15) is 11.8 Å². The molecule has 0 saturated heterocycles. The van der Waals surface area contributed by atoms with E-state index < -0.39 is 0 Å².